The third-order valence-electron chi connectivity index (χ3n) is 8.27. The molecule has 13 heteroatoms. The van der Waals surface area contributed by atoms with Gasteiger partial charge in [-0.15, -0.1) is 21.5 Å². The summed E-state index contributed by atoms with van der Waals surface area (Å²) in [6, 6.07) is 12.7. The highest BCUT2D eigenvalue weighted by atomic mass is 32.1. The molecule has 0 spiro atoms. The summed E-state index contributed by atoms with van der Waals surface area (Å²) in [4.78, 5) is 14.2. The largest absolute Gasteiger partial charge is 0.491 e. The maximum absolute atomic E-state index is 14.7. The summed E-state index contributed by atoms with van der Waals surface area (Å²) in [7, 11) is 0. The van der Waals surface area contributed by atoms with Gasteiger partial charge in [0.1, 0.15) is 5.69 Å². The number of anilines is 4. The van der Waals surface area contributed by atoms with E-state index >= 15 is 0 Å². The van der Waals surface area contributed by atoms with Crippen molar-refractivity contribution < 1.29 is 19.3 Å². The number of thiazole rings is 2. The van der Waals surface area contributed by atoms with Crippen LogP contribution in [0.5, 0.6) is 5.75 Å². The average molecular weight is 688 g/mol. The predicted octanol–water partition coefficient (Wildman–Crippen LogP) is 6.51. The molecule has 250 valence electrons. The number of ether oxygens (including phenoxy) is 1. The smallest absolute Gasteiger partial charge is 0.197 e. The summed E-state index contributed by atoms with van der Waals surface area (Å²) in [5, 5.41) is 34.1. The highest BCUT2D eigenvalue weighted by Crippen LogP contribution is 2.40. The van der Waals surface area contributed by atoms with Crippen LogP contribution >= 0.6 is 22.7 Å². The lowest BCUT2D eigenvalue weighted by Gasteiger charge is -2.28. The van der Waals surface area contributed by atoms with Gasteiger partial charge >= 0.3 is 0 Å². The van der Waals surface area contributed by atoms with Gasteiger partial charge in [0.2, 0.25) is 0 Å². The van der Waals surface area contributed by atoms with E-state index in [2.05, 4.69) is 56.1 Å². The van der Waals surface area contributed by atoms with Gasteiger partial charge in [0.15, 0.2) is 39.8 Å². The second kappa shape index (κ2) is 15.4. The van der Waals surface area contributed by atoms with Crippen LogP contribution in [-0.2, 0) is 12.8 Å². The summed E-state index contributed by atoms with van der Waals surface area (Å²) < 4.78 is 21.6. The molecule has 0 amide bonds. The first-order valence-electron chi connectivity index (χ1n) is 16.1. The van der Waals surface area contributed by atoms with Crippen molar-refractivity contribution in [2.45, 2.75) is 52.7 Å². The zero-order chi connectivity index (χ0) is 33.6. The van der Waals surface area contributed by atoms with E-state index < -0.39 is 12.1 Å². The zero-order valence-corrected chi connectivity index (χ0v) is 28.8. The molecule has 2 aromatic carbocycles. The summed E-state index contributed by atoms with van der Waals surface area (Å²) in [5.41, 5.74) is 3.80. The topological polar surface area (TPSA) is 120 Å². The summed E-state index contributed by atoms with van der Waals surface area (Å²) in [6.07, 6.45) is 1.01. The minimum atomic E-state index is -1.73. The first kappa shape index (κ1) is 33.7. The molecule has 1 aliphatic heterocycles. The Kier molecular flexibility index (Phi) is 10.8. The van der Waals surface area contributed by atoms with E-state index in [1.54, 1.807) is 23.5 Å². The number of rotatable bonds is 12. The third-order valence-corrected chi connectivity index (χ3v) is 10.4. The van der Waals surface area contributed by atoms with E-state index in [-0.39, 0.29) is 18.1 Å². The number of halogens is 1. The molecule has 5 aromatic rings. The van der Waals surface area contributed by atoms with Gasteiger partial charge in [-0.05, 0) is 76.0 Å². The van der Waals surface area contributed by atoms with E-state index in [9.17, 15) is 14.6 Å². The molecular formula is C35H38FN7O3S2. The number of hydrogen-bond donors (Lipinski definition) is 3. The molecule has 0 aliphatic carbocycles. The van der Waals surface area contributed by atoms with Crippen molar-refractivity contribution >= 4 is 54.8 Å². The summed E-state index contributed by atoms with van der Waals surface area (Å²) in [5.74, 6) is 7.18. The lowest BCUT2D eigenvalue weighted by Crippen LogP contribution is -2.27. The third kappa shape index (κ3) is 7.59. The number of nitrogens with one attached hydrogen (secondary N) is 1. The van der Waals surface area contributed by atoms with Gasteiger partial charge in [-0.25, -0.2) is 14.4 Å². The Morgan fingerprint density at radius 3 is 2.71 bits per heavy atom. The van der Waals surface area contributed by atoms with Crippen LogP contribution in [-0.4, -0.2) is 68.1 Å². The molecule has 0 atom stereocenters. The van der Waals surface area contributed by atoms with Crippen molar-refractivity contribution in [1.29, 1.82) is 0 Å². The van der Waals surface area contributed by atoms with Gasteiger partial charge < -0.3 is 25.2 Å². The Hall–Kier alpha value is -4.19. The van der Waals surface area contributed by atoms with Crippen molar-refractivity contribution in [2.75, 3.05) is 43.0 Å². The van der Waals surface area contributed by atoms with Gasteiger partial charge in [0.05, 0.1) is 23.4 Å². The zero-order valence-electron chi connectivity index (χ0n) is 27.2. The van der Waals surface area contributed by atoms with Gasteiger partial charge in [-0.3, -0.25) is 4.90 Å². The number of hydrogen-bond acceptors (Lipinski definition) is 12. The van der Waals surface area contributed by atoms with E-state index in [0.717, 1.165) is 57.3 Å². The lowest BCUT2D eigenvalue weighted by molar-refractivity contribution is -0.0459. The van der Waals surface area contributed by atoms with Crippen LogP contribution in [0.1, 0.15) is 60.2 Å². The summed E-state index contributed by atoms with van der Waals surface area (Å²) in [6.45, 7) is 9.60. The van der Waals surface area contributed by atoms with Gasteiger partial charge in [-0.2, -0.15) is 0 Å². The molecule has 1 aliphatic rings. The Balaban J connectivity index is 1.11. The quantitative estimate of drug-likeness (QED) is 0.0761. The predicted molar refractivity (Wildman–Crippen MR) is 189 cm³/mol. The lowest BCUT2D eigenvalue weighted by atomic mass is 10.0. The highest BCUT2D eigenvalue weighted by molar-refractivity contribution is 7.22. The van der Waals surface area contributed by atoms with Crippen molar-refractivity contribution in [2.24, 2.45) is 0 Å². The normalized spacial score (nSPS) is 12.8. The molecule has 0 bridgehead atoms. The maximum atomic E-state index is 14.7. The molecule has 6 rings (SSSR count). The fourth-order valence-electron chi connectivity index (χ4n) is 5.57. The van der Waals surface area contributed by atoms with Crippen LogP contribution in [0.25, 0.3) is 10.2 Å². The first-order valence-corrected chi connectivity index (χ1v) is 17.7. The van der Waals surface area contributed by atoms with Gasteiger partial charge in [-0.1, -0.05) is 49.2 Å². The van der Waals surface area contributed by atoms with Crippen molar-refractivity contribution in [3.63, 3.8) is 0 Å². The Bertz CT molecular complexity index is 1910. The molecule has 48 heavy (non-hydrogen) atoms. The van der Waals surface area contributed by atoms with E-state index in [4.69, 9.17) is 4.74 Å². The standard InChI is InChI=1S/C35H38FN7O3S2/c1-4-42(5-2)18-8-11-23-16-17-27(25(36)21-23)46-20-10-15-29-30(33(44)45)38-35(48-29)43-19-9-12-24-22(3)31(40-41-32(24)43)39-34-37-26-13-6-7-14-28(26)47-34/h6-7,13-14,16-17,21,33,44-45H,4-5,9-10,12,15,18-20H2,1-3H3,(H,37,39,40). The number of nitrogens with zero attached hydrogens (tertiary/aromatic N) is 6. The first-order chi connectivity index (χ1) is 23.3. The molecule has 10 nitrogen and oxygen atoms in total. The monoisotopic (exact) mass is 687 g/mol. The fourth-order valence-corrected chi connectivity index (χ4v) is 7.59. The minimum Gasteiger partial charge on any atom is -0.491 e. The Labute approximate surface area is 287 Å². The van der Waals surface area contributed by atoms with Crippen LogP contribution < -0.4 is 15.0 Å². The molecule has 3 aromatic heterocycles. The minimum absolute atomic E-state index is 0.160. The molecular weight excluding hydrogens is 650 g/mol. The highest BCUT2D eigenvalue weighted by Gasteiger charge is 2.28. The van der Waals surface area contributed by atoms with Crippen LogP contribution in [0.2, 0.25) is 0 Å². The number of fused-ring (bicyclic) bond motifs is 2. The number of aromatic nitrogens is 4. The van der Waals surface area contributed by atoms with Gasteiger partial charge in [0, 0.05) is 28.1 Å². The Morgan fingerprint density at radius 2 is 1.94 bits per heavy atom. The van der Waals surface area contributed by atoms with Crippen molar-refractivity contribution in [1.82, 2.24) is 25.1 Å². The second-order valence-corrected chi connectivity index (χ2v) is 13.5. The number of para-hydroxylation sites is 1. The van der Waals surface area contributed by atoms with Crippen molar-refractivity contribution in [3.05, 3.63) is 75.5 Å². The number of aliphatic hydroxyl groups is 2. The Morgan fingerprint density at radius 1 is 1.10 bits per heavy atom. The molecule has 0 saturated carbocycles. The number of aryl methyl sites for hydroxylation is 1. The van der Waals surface area contributed by atoms with Crippen LogP contribution in [0.3, 0.4) is 0 Å². The van der Waals surface area contributed by atoms with Crippen LogP contribution in [0.15, 0.2) is 42.5 Å². The van der Waals surface area contributed by atoms with E-state index in [1.807, 2.05) is 36.1 Å². The van der Waals surface area contributed by atoms with E-state index in [0.29, 0.717) is 48.3 Å². The summed E-state index contributed by atoms with van der Waals surface area (Å²) >= 11 is 2.96. The average Bonchev–Trinajstić information content (AvgIpc) is 3.71. The van der Waals surface area contributed by atoms with Crippen molar-refractivity contribution in [3.8, 4) is 17.6 Å². The maximum Gasteiger partial charge on any atom is 0.197 e. The molecule has 0 fully saturated rings. The van der Waals surface area contributed by atoms with E-state index in [1.165, 1.54) is 17.4 Å². The molecule has 3 N–H and O–H groups in total. The second-order valence-electron chi connectivity index (χ2n) is 11.4. The molecule has 0 radical (unpaired) electrons. The molecule has 0 saturated heterocycles. The molecule has 4 heterocycles. The molecule has 0 unspecified atom stereocenters. The fraction of sp³-hybridized carbons (Fsp3) is 0.371. The van der Waals surface area contributed by atoms with Crippen LogP contribution in [0.4, 0.5) is 26.3 Å². The number of aliphatic hydroxyl groups excluding tert-OH is 1. The van der Waals surface area contributed by atoms with Crippen LogP contribution in [0, 0.1) is 24.6 Å². The SMILES string of the molecule is CCN(CC)CC#Cc1ccc(OCCCc2sc(N3CCCc4c3nnc(Nc3nc5ccccc5s3)c4C)nc2C(O)O)c(F)c1. The van der Waals surface area contributed by atoms with Gasteiger partial charge in [0.25, 0.3) is 0 Å². The number of benzene rings is 2.